The lowest BCUT2D eigenvalue weighted by Crippen LogP contribution is -2.23. The van der Waals surface area contributed by atoms with E-state index in [1.165, 1.54) is 23.0 Å². The molecule has 4 rings (SSSR count). The Balaban J connectivity index is 1.98. The van der Waals surface area contributed by atoms with Crippen LogP contribution in [0, 0.1) is 17.7 Å². The van der Waals surface area contributed by atoms with E-state index in [0.717, 1.165) is 0 Å². The third-order valence-electron chi connectivity index (χ3n) is 3.96. The summed E-state index contributed by atoms with van der Waals surface area (Å²) in [6.45, 7) is 0. The molecule has 0 spiro atoms. The number of benzene rings is 2. The fourth-order valence-corrected chi connectivity index (χ4v) is 2.79. The standard InChI is InChI=1S/C20H12ClFN4O/c1-25-12-23-18-19(25)24-17(10-5-13-3-2-4-15(22)11-13)26(20(18)27)16-8-6-14(21)7-9-16/h2-4,6-9,11-12H,1H3. The second kappa shape index (κ2) is 6.71. The molecule has 2 heterocycles. The van der Waals surface area contributed by atoms with E-state index in [9.17, 15) is 9.18 Å². The number of hydrogen-bond donors (Lipinski definition) is 0. The Bertz CT molecular complexity index is 1280. The van der Waals surface area contributed by atoms with Crippen molar-refractivity contribution in [1.82, 2.24) is 19.1 Å². The zero-order valence-corrected chi connectivity index (χ0v) is 14.9. The Kier molecular flexibility index (Phi) is 4.22. The number of imidazole rings is 1. The smallest absolute Gasteiger partial charge is 0.287 e. The van der Waals surface area contributed by atoms with E-state index in [1.807, 2.05) is 0 Å². The average molecular weight is 379 g/mol. The van der Waals surface area contributed by atoms with Crippen molar-refractivity contribution in [2.24, 2.45) is 7.05 Å². The number of aromatic nitrogens is 4. The number of rotatable bonds is 1. The van der Waals surface area contributed by atoms with Gasteiger partial charge in [-0.2, -0.15) is 0 Å². The highest BCUT2D eigenvalue weighted by atomic mass is 35.5. The van der Waals surface area contributed by atoms with Gasteiger partial charge >= 0.3 is 0 Å². The molecule has 0 unspecified atom stereocenters. The van der Waals surface area contributed by atoms with E-state index < -0.39 is 0 Å². The van der Waals surface area contributed by atoms with Gasteiger partial charge in [-0.25, -0.2) is 14.4 Å². The van der Waals surface area contributed by atoms with Gasteiger partial charge in [-0.3, -0.25) is 9.36 Å². The number of halogens is 2. The molecular weight excluding hydrogens is 367 g/mol. The third-order valence-corrected chi connectivity index (χ3v) is 4.22. The van der Waals surface area contributed by atoms with Crippen molar-refractivity contribution in [3.05, 3.63) is 87.4 Å². The molecule has 0 saturated heterocycles. The van der Waals surface area contributed by atoms with E-state index >= 15 is 0 Å². The number of fused-ring (bicyclic) bond motifs is 1. The summed E-state index contributed by atoms with van der Waals surface area (Å²) in [4.78, 5) is 21.6. The maximum Gasteiger partial charge on any atom is 0.287 e. The van der Waals surface area contributed by atoms with Gasteiger partial charge in [-0.15, -0.1) is 0 Å². The van der Waals surface area contributed by atoms with Gasteiger partial charge in [0, 0.05) is 17.6 Å². The predicted molar refractivity (Wildman–Crippen MR) is 101 cm³/mol. The Morgan fingerprint density at radius 3 is 2.63 bits per heavy atom. The molecule has 5 nitrogen and oxygen atoms in total. The van der Waals surface area contributed by atoms with Crippen molar-refractivity contribution in [2.45, 2.75) is 0 Å². The first-order valence-corrected chi connectivity index (χ1v) is 8.38. The van der Waals surface area contributed by atoms with Crippen molar-refractivity contribution < 1.29 is 4.39 Å². The highest BCUT2D eigenvalue weighted by Crippen LogP contribution is 2.15. The van der Waals surface area contributed by atoms with E-state index in [-0.39, 0.29) is 22.7 Å². The van der Waals surface area contributed by atoms with Gasteiger partial charge in [0.25, 0.3) is 5.56 Å². The summed E-state index contributed by atoms with van der Waals surface area (Å²) in [7, 11) is 1.75. The van der Waals surface area contributed by atoms with Crippen LogP contribution in [0.25, 0.3) is 16.9 Å². The number of aryl methyl sites for hydroxylation is 1. The summed E-state index contributed by atoms with van der Waals surface area (Å²) < 4.78 is 16.4. The quantitative estimate of drug-likeness (QED) is 0.477. The summed E-state index contributed by atoms with van der Waals surface area (Å²) in [5, 5.41) is 0.547. The first kappa shape index (κ1) is 17.0. The lowest BCUT2D eigenvalue weighted by Gasteiger charge is -2.08. The summed E-state index contributed by atoms with van der Waals surface area (Å²) in [6.07, 6.45) is 1.52. The molecule has 0 N–H and O–H groups in total. The zero-order chi connectivity index (χ0) is 19.0. The second-order valence-electron chi connectivity index (χ2n) is 5.84. The Hall–Kier alpha value is -3.43. The van der Waals surface area contributed by atoms with Crippen LogP contribution in [-0.4, -0.2) is 19.1 Å². The predicted octanol–water partition coefficient (Wildman–Crippen LogP) is 3.31. The molecule has 0 bridgehead atoms. The van der Waals surface area contributed by atoms with Crippen LogP contribution in [0.1, 0.15) is 11.4 Å². The van der Waals surface area contributed by atoms with Crippen LogP contribution in [0.5, 0.6) is 0 Å². The SMILES string of the molecule is Cn1cnc2c(=O)n(-c3ccc(Cl)cc3)c(C#Cc3cccc(F)c3)nc21. The summed E-state index contributed by atoms with van der Waals surface area (Å²) in [5.41, 5.74) is 1.37. The molecule has 0 aliphatic heterocycles. The van der Waals surface area contributed by atoms with Gasteiger partial charge in [0.2, 0.25) is 0 Å². The van der Waals surface area contributed by atoms with Crippen LogP contribution < -0.4 is 5.56 Å². The molecular formula is C20H12ClFN4O. The van der Waals surface area contributed by atoms with Crippen molar-refractivity contribution in [1.29, 1.82) is 0 Å². The Labute approximate surface area is 158 Å². The van der Waals surface area contributed by atoms with Crippen molar-refractivity contribution in [3.63, 3.8) is 0 Å². The van der Waals surface area contributed by atoms with Gasteiger partial charge in [-0.1, -0.05) is 23.6 Å². The minimum Gasteiger partial charge on any atom is -0.318 e. The molecule has 0 aliphatic rings. The van der Waals surface area contributed by atoms with Gasteiger partial charge in [0.1, 0.15) is 5.82 Å². The van der Waals surface area contributed by atoms with E-state index in [0.29, 0.717) is 21.9 Å². The van der Waals surface area contributed by atoms with E-state index in [4.69, 9.17) is 11.6 Å². The highest BCUT2D eigenvalue weighted by molar-refractivity contribution is 6.30. The molecule has 0 saturated carbocycles. The first-order valence-electron chi connectivity index (χ1n) is 8.00. The van der Waals surface area contributed by atoms with Gasteiger partial charge in [0.15, 0.2) is 17.0 Å². The molecule has 0 fully saturated rings. The van der Waals surface area contributed by atoms with Crippen molar-refractivity contribution in [3.8, 4) is 17.5 Å². The fourth-order valence-electron chi connectivity index (χ4n) is 2.67. The molecule has 4 aromatic rings. The van der Waals surface area contributed by atoms with Crippen LogP contribution in [0.3, 0.4) is 0 Å². The Morgan fingerprint density at radius 2 is 1.89 bits per heavy atom. The lowest BCUT2D eigenvalue weighted by atomic mass is 10.2. The maximum atomic E-state index is 13.4. The molecule has 2 aromatic heterocycles. The normalized spacial score (nSPS) is 10.6. The van der Waals surface area contributed by atoms with Gasteiger partial charge < -0.3 is 4.57 Å². The van der Waals surface area contributed by atoms with E-state index in [1.54, 1.807) is 48.0 Å². The van der Waals surface area contributed by atoms with Crippen LogP contribution >= 0.6 is 11.6 Å². The molecule has 7 heteroatoms. The maximum absolute atomic E-state index is 13.4. The molecule has 0 atom stereocenters. The third kappa shape index (κ3) is 3.21. The van der Waals surface area contributed by atoms with E-state index in [2.05, 4.69) is 21.8 Å². The minimum absolute atomic E-state index is 0.225. The Morgan fingerprint density at radius 1 is 1.11 bits per heavy atom. The summed E-state index contributed by atoms with van der Waals surface area (Å²) >= 11 is 5.95. The van der Waals surface area contributed by atoms with Gasteiger partial charge in [0.05, 0.1) is 12.0 Å². The minimum atomic E-state index is -0.382. The molecule has 132 valence electrons. The van der Waals surface area contributed by atoms with Crippen molar-refractivity contribution >= 4 is 22.8 Å². The first-order chi connectivity index (χ1) is 13.0. The highest BCUT2D eigenvalue weighted by Gasteiger charge is 2.14. The van der Waals surface area contributed by atoms with Crippen LogP contribution in [0.2, 0.25) is 5.02 Å². The number of hydrogen-bond acceptors (Lipinski definition) is 3. The topological polar surface area (TPSA) is 52.7 Å². The van der Waals surface area contributed by atoms with Crippen LogP contribution in [0.15, 0.2) is 59.7 Å². The van der Waals surface area contributed by atoms with Gasteiger partial charge in [-0.05, 0) is 48.4 Å². The lowest BCUT2D eigenvalue weighted by molar-refractivity contribution is 0.627. The fraction of sp³-hybridized carbons (Fsp3) is 0.0500. The average Bonchev–Trinajstić information content (AvgIpc) is 3.02. The number of nitrogens with zero attached hydrogens (tertiary/aromatic N) is 4. The van der Waals surface area contributed by atoms with Crippen LogP contribution in [0.4, 0.5) is 4.39 Å². The van der Waals surface area contributed by atoms with Crippen molar-refractivity contribution in [2.75, 3.05) is 0 Å². The van der Waals surface area contributed by atoms with Crippen LogP contribution in [-0.2, 0) is 7.05 Å². The summed E-state index contributed by atoms with van der Waals surface area (Å²) in [6, 6.07) is 12.7. The zero-order valence-electron chi connectivity index (χ0n) is 14.1. The second-order valence-corrected chi connectivity index (χ2v) is 6.28. The monoisotopic (exact) mass is 378 g/mol. The molecule has 0 aliphatic carbocycles. The molecule has 0 radical (unpaired) electrons. The summed E-state index contributed by atoms with van der Waals surface area (Å²) in [5.74, 6) is 5.58. The molecule has 27 heavy (non-hydrogen) atoms. The largest absolute Gasteiger partial charge is 0.318 e. The molecule has 2 aromatic carbocycles. The molecule has 0 amide bonds.